The highest BCUT2D eigenvalue weighted by Crippen LogP contribution is 2.36. The van der Waals surface area contributed by atoms with Crippen molar-refractivity contribution in [1.82, 2.24) is 0 Å². The van der Waals surface area contributed by atoms with Crippen molar-refractivity contribution in [1.29, 1.82) is 0 Å². The Kier molecular flexibility index (Phi) is 7.34. The lowest BCUT2D eigenvalue weighted by Crippen LogP contribution is -2.66. The van der Waals surface area contributed by atoms with Crippen molar-refractivity contribution in [2.45, 2.75) is 6.04 Å². The van der Waals surface area contributed by atoms with Crippen molar-refractivity contribution >= 4 is 35.7 Å². The summed E-state index contributed by atoms with van der Waals surface area (Å²) >= 11 is 3.71. The van der Waals surface area contributed by atoms with Crippen LogP contribution in [0.3, 0.4) is 0 Å². The maximum Gasteiger partial charge on any atom is 0.363 e. The fraction of sp³-hybridized carbons (Fsp3) is 0.222. The van der Waals surface area contributed by atoms with E-state index in [1.807, 2.05) is 0 Å². The maximum atomic E-state index is 11.1. The van der Waals surface area contributed by atoms with Gasteiger partial charge in [-0.2, -0.15) is 12.6 Å². The van der Waals surface area contributed by atoms with Crippen molar-refractivity contribution in [3.63, 3.8) is 0 Å². The van der Waals surface area contributed by atoms with Crippen LogP contribution in [0.1, 0.15) is 0 Å². The van der Waals surface area contributed by atoms with Gasteiger partial charge in [0.05, 0.1) is 38.4 Å². The molecule has 0 saturated heterocycles. The number of carboxylic acid groups (broad SMARTS) is 1. The van der Waals surface area contributed by atoms with Crippen LogP contribution in [0.5, 0.6) is 5.75 Å². The Balaban J connectivity index is 0.000000585. The number of thiol groups is 1. The number of carboxylic acids is 1. The Labute approximate surface area is 132 Å². The first-order chi connectivity index (χ1) is 10.5. The number of nitro benzene ring substituents is 3. The van der Waals surface area contributed by atoms with Crippen molar-refractivity contribution < 1.29 is 35.5 Å². The number of carbonyl (C=O) groups is 1. The average molecular weight is 350 g/mol. The molecule has 0 aliphatic heterocycles. The fourth-order valence-electron chi connectivity index (χ4n) is 1.04. The molecule has 14 heteroatoms. The van der Waals surface area contributed by atoms with Crippen LogP contribution in [0.15, 0.2) is 12.1 Å². The average Bonchev–Trinajstić information content (AvgIpc) is 2.46. The molecule has 0 amide bonds. The van der Waals surface area contributed by atoms with E-state index in [-0.39, 0.29) is 0 Å². The molecule has 1 atom stereocenters. The molecular weight excluding hydrogens is 340 g/mol. The second kappa shape index (κ2) is 8.44. The second-order valence-corrected chi connectivity index (χ2v) is 4.17. The van der Waals surface area contributed by atoms with Gasteiger partial charge in [0.2, 0.25) is 0 Å². The largest absolute Gasteiger partial charge is 0.863 e. The van der Waals surface area contributed by atoms with E-state index in [2.05, 4.69) is 18.4 Å². The molecule has 1 aromatic carbocycles. The number of benzene rings is 1. The standard InChI is InChI=1S/C6H3N3O7.C3H7NO2S/c10-6-4(8(13)14)1-3(7(11)12)2-5(6)9(15)16;4-2(1-7)3(5)6/h1-2,10H;2,7H,1,4H2,(H,5,6)/t;2-/m.0/s1. The number of non-ortho nitro benzene ring substituents is 1. The van der Waals surface area contributed by atoms with Crippen LogP contribution < -0.4 is 10.8 Å². The van der Waals surface area contributed by atoms with Crippen LogP contribution in [-0.4, -0.2) is 37.6 Å². The minimum absolute atomic E-state index is 0.301. The van der Waals surface area contributed by atoms with Crippen LogP contribution in [-0.2, 0) is 4.79 Å². The summed E-state index contributed by atoms with van der Waals surface area (Å²) in [6, 6.07) is 0.202. The van der Waals surface area contributed by atoms with Crippen LogP contribution in [0.2, 0.25) is 0 Å². The smallest absolute Gasteiger partial charge is 0.363 e. The van der Waals surface area contributed by atoms with Crippen LogP contribution in [0, 0.1) is 30.3 Å². The van der Waals surface area contributed by atoms with Crippen molar-refractivity contribution in [3.8, 4) is 5.75 Å². The molecule has 0 aliphatic carbocycles. The first kappa shape index (κ1) is 20.0. The lowest BCUT2D eigenvalue weighted by Gasteiger charge is -2.06. The van der Waals surface area contributed by atoms with Crippen molar-refractivity contribution in [3.05, 3.63) is 42.5 Å². The van der Waals surface area contributed by atoms with E-state index in [0.29, 0.717) is 17.9 Å². The van der Waals surface area contributed by atoms with Gasteiger partial charge < -0.3 is 15.9 Å². The number of nitro groups is 3. The molecule has 1 aromatic rings. The molecule has 13 nitrogen and oxygen atoms in total. The van der Waals surface area contributed by atoms with Gasteiger partial charge in [-0.15, -0.1) is 0 Å². The van der Waals surface area contributed by atoms with Crippen molar-refractivity contribution in [2.24, 2.45) is 0 Å². The molecule has 0 spiro atoms. The van der Waals surface area contributed by atoms with Gasteiger partial charge in [-0.05, 0) is 0 Å². The second-order valence-electron chi connectivity index (χ2n) is 3.80. The molecule has 4 N–H and O–H groups in total. The van der Waals surface area contributed by atoms with E-state index in [1.54, 1.807) is 0 Å². The van der Waals surface area contributed by atoms with Gasteiger partial charge in [0.1, 0.15) is 0 Å². The van der Waals surface area contributed by atoms with E-state index >= 15 is 0 Å². The number of aliphatic carboxylic acids is 1. The summed E-state index contributed by atoms with van der Waals surface area (Å²) in [7, 11) is 0. The third-order valence-electron chi connectivity index (χ3n) is 2.21. The minimum Gasteiger partial charge on any atom is -0.863 e. The molecule has 0 saturated carbocycles. The minimum atomic E-state index is -1.46. The van der Waals surface area contributed by atoms with Gasteiger partial charge in [0.25, 0.3) is 17.1 Å². The van der Waals surface area contributed by atoms with Gasteiger partial charge in [0, 0.05) is 0 Å². The van der Waals surface area contributed by atoms with Crippen molar-refractivity contribution in [2.75, 3.05) is 5.75 Å². The molecule has 0 aromatic heterocycles. The summed E-state index contributed by atoms with van der Waals surface area (Å²) in [6.07, 6.45) is 0. The number of hydrogen-bond acceptors (Lipinski definition) is 9. The number of hydrogen-bond donors (Lipinski definition) is 3. The van der Waals surface area contributed by atoms with Crippen LogP contribution >= 0.6 is 12.6 Å². The van der Waals surface area contributed by atoms with E-state index in [1.165, 1.54) is 0 Å². The highest BCUT2D eigenvalue weighted by Gasteiger charge is 2.24. The Morgan fingerprint density at radius 1 is 1.13 bits per heavy atom. The summed E-state index contributed by atoms with van der Waals surface area (Å²) in [5.41, 5.74) is 0.0160. The molecular formula is C9H10N4O9S. The number of quaternary nitrogens is 1. The molecule has 0 bridgehead atoms. The quantitative estimate of drug-likeness (QED) is 0.339. The number of nitrogens with zero attached hydrogens (tertiary/aromatic N) is 3. The SMILES string of the molecule is O=[N+]([O-])c1cc([N+](=O)[O-])c([O-])c([N+](=O)[O-])c1.[NH3+][C@@H](CS)C(=O)O. The van der Waals surface area contributed by atoms with E-state index in [9.17, 15) is 40.2 Å². The zero-order valence-electron chi connectivity index (χ0n) is 11.1. The zero-order valence-corrected chi connectivity index (χ0v) is 12.0. The molecule has 0 heterocycles. The van der Waals surface area contributed by atoms with Gasteiger partial charge in [-0.3, -0.25) is 30.3 Å². The van der Waals surface area contributed by atoms with Crippen LogP contribution in [0.4, 0.5) is 17.1 Å². The topological polar surface area (TPSA) is 217 Å². The molecule has 23 heavy (non-hydrogen) atoms. The lowest BCUT2D eigenvalue weighted by molar-refractivity contribution is -0.420. The lowest BCUT2D eigenvalue weighted by atomic mass is 10.2. The normalized spacial score (nSPS) is 10.9. The van der Waals surface area contributed by atoms with E-state index in [0.717, 1.165) is 0 Å². The molecule has 0 aliphatic rings. The molecule has 126 valence electrons. The molecule has 0 fully saturated rings. The van der Waals surface area contributed by atoms with Crippen LogP contribution in [0.25, 0.3) is 0 Å². The Bertz CT molecular complexity index is 615. The monoisotopic (exact) mass is 350 g/mol. The summed E-state index contributed by atoms with van der Waals surface area (Å²) in [5.74, 6) is -2.05. The number of rotatable bonds is 5. The Morgan fingerprint density at radius 3 is 1.70 bits per heavy atom. The van der Waals surface area contributed by atoms with Gasteiger partial charge in [-0.25, -0.2) is 4.79 Å². The third kappa shape index (κ3) is 5.71. The van der Waals surface area contributed by atoms with Gasteiger partial charge in [0.15, 0.2) is 6.04 Å². The highest BCUT2D eigenvalue weighted by molar-refractivity contribution is 7.80. The highest BCUT2D eigenvalue weighted by atomic mass is 32.1. The predicted octanol–water partition coefficient (Wildman–Crippen LogP) is -0.904. The first-order valence-corrected chi connectivity index (χ1v) is 6.11. The Morgan fingerprint density at radius 2 is 1.52 bits per heavy atom. The fourth-order valence-corrected chi connectivity index (χ4v) is 1.20. The van der Waals surface area contributed by atoms with E-state index < -0.39 is 49.6 Å². The van der Waals surface area contributed by atoms with Gasteiger partial charge >= 0.3 is 5.97 Å². The summed E-state index contributed by atoms with van der Waals surface area (Å²) in [6.45, 7) is 0. The van der Waals surface area contributed by atoms with Gasteiger partial charge in [-0.1, -0.05) is 0 Å². The Hall–Kier alpha value is -3.00. The van der Waals surface area contributed by atoms with E-state index in [4.69, 9.17) is 5.11 Å². The third-order valence-corrected chi connectivity index (χ3v) is 2.65. The molecule has 0 unspecified atom stereocenters. The predicted molar refractivity (Wildman–Crippen MR) is 74.0 cm³/mol. The summed E-state index contributed by atoms with van der Waals surface area (Å²) in [4.78, 5) is 37.3. The summed E-state index contributed by atoms with van der Waals surface area (Å²) in [5, 5.41) is 50.2. The maximum absolute atomic E-state index is 11.1. The first-order valence-electron chi connectivity index (χ1n) is 5.47. The molecule has 1 rings (SSSR count). The summed E-state index contributed by atoms with van der Waals surface area (Å²) < 4.78 is 0. The zero-order chi connectivity index (χ0) is 18.3. The molecule has 0 radical (unpaired) electrons.